The van der Waals surface area contributed by atoms with Gasteiger partial charge in [-0.2, -0.15) is 0 Å². The summed E-state index contributed by atoms with van der Waals surface area (Å²) in [7, 11) is 0. The van der Waals surface area contributed by atoms with Crippen molar-refractivity contribution in [2.75, 3.05) is 0 Å². The lowest BCUT2D eigenvalue weighted by Crippen LogP contribution is -2.65. The van der Waals surface area contributed by atoms with Crippen LogP contribution in [0.25, 0.3) is 0 Å². The second-order valence-electron chi connectivity index (χ2n) is 5.35. The summed E-state index contributed by atoms with van der Waals surface area (Å²) in [6, 6.07) is 3.45. The van der Waals surface area contributed by atoms with Crippen LogP contribution in [0.1, 0.15) is 23.5 Å². The number of aliphatic carboxylic acids is 2. The van der Waals surface area contributed by atoms with Crippen LogP contribution in [0.5, 0.6) is 0 Å². The number of nitrogens with one attached hydrogen (secondary N) is 1. The van der Waals surface area contributed by atoms with Gasteiger partial charge in [-0.05, 0) is 5.56 Å². The fourth-order valence-corrected chi connectivity index (χ4v) is 2.34. The molecule has 0 bridgehead atoms. The summed E-state index contributed by atoms with van der Waals surface area (Å²) in [6.45, 7) is 0. The zero-order valence-corrected chi connectivity index (χ0v) is 13.0. The summed E-state index contributed by atoms with van der Waals surface area (Å²) in [6.07, 6.45) is -0.192. The predicted octanol–water partition coefficient (Wildman–Crippen LogP) is -1.59. The van der Waals surface area contributed by atoms with E-state index >= 15 is 0 Å². The largest absolute Gasteiger partial charge is 0.481 e. The van der Waals surface area contributed by atoms with Gasteiger partial charge in [0.1, 0.15) is 18.0 Å². The molecule has 10 nitrogen and oxygen atoms in total. The SMILES string of the molecule is N=C(N)c1ccc(C(C(=O)O)C(N)(C(=O)O)C(=O)C(N)CC=O)cc1. The van der Waals surface area contributed by atoms with Crippen molar-refractivity contribution in [3.63, 3.8) is 0 Å². The van der Waals surface area contributed by atoms with Gasteiger partial charge in [-0.25, -0.2) is 4.79 Å². The number of hydrogen-bond donors (Lipinski definition) is 6. The number of carbonyl (C=O) groups excluding carboxylic acids is 2. The van der Waals surface area contributed by atoms with Crippen molar-refractivity contribution in [1.29, 1.82) is 5.41 Å². The first kappa shape index (κ1) is 19.9. The molecule has 0 spiro atoms. The smallest absolute Gasteiger partial charge is 0.332 e. The van der Waals surface area contributed by atoms with Gasteiger partial charge in [-0.1, -0.05) is 24.3 Å². The number of rotatable bonds is 9. The van der Waals surface area contributed by atoms with E-state index in [2.05, 4.69) is 0 Å². The average Bonchev–Trinajstić information content (AvgIpc) is 2.54. The van der Waals surface area contributed by atoms with E-state index in [0.717, 1.165) is 0 Å². The van der Waals surface area contributed by atoms with Crippen LogP contribution >= 0.6 is 0 Å². The topological polar surface area (TPSA) is 211 Å². The van der Waals surface area contributed by atoms with Gasteiger partial charge in [0.05, 0.1) is 6.04 Å². The van der Waals surface area contributed by atoms with Crippen LogP contribution in [0, 0.1) is 5.41 Å². The van der Waals surface area contributed by atoms with E-state index in [1.807, 2.05) is 0 Å². The molecule has 0 saturated heterocycles. The van der Waals surface area contributed by atoms with Crippen molar-refractivity contribution in [1.82, 2.24) is 0 Å². The van der Waals surface area contributed by atoms with Crippen LogP contribution in [0.4, 0.5) is 0 Å². The number of carboxylic acid groups (broad SMARTS) is 2. The molecule has 1 rings (SSSR count). The summed E-state index contributed by atoms with van der Waals surface area (Å²) in [5.41, 5.74) is 13.8. The Bertz CT molecular complexity index is 717. The van der Waals surface area contributed by atoms with Gasteiger partial charge in [0.2, 0.25) is 0 Å². The Morgan fingerprint density at radius 3 is 2.08 bits per heavy atom. The number of Topliss-reactive ketones (excluding diaryl/α,β-unsaturated/α-hetero) is 1. The minimum Gasteiger partial charge on any atom is -0.481 e. The van der Waals surface area contributed by atoms with Crippen molar-refractivity contribution >= 4 is 29.8 Å². The highest BCUT2D eigenvalue weighted by molar-refractivity contribution is 6.14. The van der Waals surface area contributed by atoms with E-state index in [1.165, 1.54) is 24.3 Å². The summed E-state index contributed by atoms with van der Waals surface area (Å²) in [5, 5.41) is 26.2. The maximum absolute atomic E-state index is 12.4. The maximum atomic E-state index is 12.4. The van der Waals surface area contributed by atoms with Gasteiger partial charge in [-0.3, -0.25) is 15.0 Å². The second-order valence-corrected chi connectivity index (χ2v) is 5.35. The molecule has 0 radical (unpaired) electrons. The van der Waals surface area contributed by atoms with E-state index in [0.29, 0.717) is 6.29 Å². The first-order valence-electron chi connectivity index (χ1n) is 7.00. The monoisotopic (exact) mass is 350 g/mol. The van der Waals surface area contributed by atoms with Gasteiger partial charge >= 0.3 is 11.9 Å². The average molecular weight is 350 g/mol. The molecule has 1 aromatic rings. The molecule has 0 fully saturated rings. The molecule has 0 amide bonds. The Morgan fingerprint density at radius 2 is 1.72 bits per heavy atom. The molecule has 0 saturated carbocycles. The first-order chi connectivity index (χ1) is 11.6. The molecular formula is C15H18N4O6. The second kappa shape index (κ2) is 7.64. The first-order valence-corrected chi connectivity index (χ1v) is 7.00. The zero-order valence-electron chi connectivity index (χ0n) is 13.0. The number of benzene rings is 1. The molecule has 1 aromatic carbocycles. The van der Waals surface area contributed by atoms with Crippen LogP contribution in [0.2, 0.25) is 0 Å². The van der Waals surface area contributed by atoms with Crippen LogP contribution in [-0.2, 0) is 19.2 Å². The van der Waals surface area contributed by atoms with Gasteiger partial charge in [0.15, 0.2) is 11.3 Å². The number of hydrogen-bond acceptors (Lipinski definition) is 7. The highest BCUT2D eigenvalue weighted by Crippen LogP contribution is 2.30. The number of ketones is 1. The lowest BCUT2D eigenvalue weighted by molar-refractivity contribution is -0.156. The minimum absolute atomic E-state index is 0.0888. The van der Waals surface area contributed by atoms with E-state index in [4.69, 9.17) is 22.6 Å². The zero-order chi connectivity index (χ0) is 19.4. The number of nitrogen functional groups attached to an aromatic ring is 1. The van der Waals surface area contributed by atoms with Crippen molar-refractivity contribution in [3.05, 3.63) is 35.4 Å². The Hall–Kier alpha value is -3.11. The van der Waals surface area contributed by atoms with E-state index in [1.54, 1.807) is 0 Å². The van der Waals surface area contributed by atoms with Gasteiger partial charge < -0.3 is 32.2 Å². The molecule has 134 valence electrons. The third-order valence-corrected chi connectivity index (χ3v) is 3.71. The highest BCUT2D eigenvalue weighted by atomic mass is 16.4. The Balaban J connectivity index is 3.47. The summed E-state index contributed by atoms with van der Waals surface area (Å²) in [4.78, 5) is 46.2. The number of amidine groups is 1. The molecule has 0 aromatic heterocycles. The third kappa shape index (κ3) is 3.87. The summed E-state index contributed by atoms with van der Waals surface area (Å²) >= 11 is 0. The van der Waals surface area contributed by atoms with Crippen LogP contribution in [-0.4, -0.2) is 51.6 Å². The van der Waals surface area contributed by atoms with Crippen LogP contribution in [0.3, 0.4) is 0 Å². The molecule has 0 heterocycles. The fraction of sp³-hybridized carbons (Fsp3) is 0.267. The molecule has 0 aliphatic carbocycles. The van der Waals surface area contributed by atoms with E-state index in [-0.39, 0.29) is 17.0 Å². The molecule has 3 unspecified atom stereocenters. The molecule has 9 N–H and O–H groups in total. The molecule has 0 aliphatic rings. The number of carboxylic acids is 2. The lowest BCUT2D eigenvalue weighted by Gasteiger charge is -2.31. The highest BCUT2D eigenvalue weighted by Gasteiger charge is 2.54. The molecule has 0 aliphatic heterocycles. The summed E-state index contributed by atoms with van der Waals surface area (Å²) in [5.74, 6) is -7.07. The third-order valence-electron chi connectivity index (χ3n) is 3.71. The minimum atomic E-state index is -2.88. The molecule has 25 heavy (non-hydrogen) atoms. The number of nitrogens with two attached hydrogens (primary N) is 3. The van der Waals surface area contributed by atoms with Crippen molar-refractivity contribution in [3.8, 4) is 0 Å². The molecule has 10 heteroatoms. The Morgan fingerprint density at radius 1 is 1.20 bits per heavy atom. The fourth-order valence-electron chi connectivity index (χ4n) is 2.34. The molecular weight excluding hydrogens is 332 g/mol. The Labute approximate surface area is 142 Å². The standard InChI is InChI=1S/C15H18N4O6/c16-9(5-6-20)11(21)15(19,14(24)25)10(13(22)23)7-1-3-8(4-2-7)12(17)18/h1-4,6,9-10H,5,16,19H2,(H3,17,18)(H,22,23)(H,24,25). The van der Waals surface area contributed by atoms with Crippen molar-refractivity contribution in [2.24, 2.45) is 17.2 Å². The van der Waals surface area contributed by atoms with Crippen molar-refractivity contribution in [2.45, 2.75) is 23.9 Å². The molecule has 3 atom stereocenters. The van der Waals surface area contributed by atoms with Gasteiger partial charge in [0, 0.05) is 12.0 Å². The lowest BCUT2D eigenvalue weighted by atomic mass is 9.74. The Kier molecular flexibility index (Phi) is 6.09. The predicted molar refractivity (Wildman–Crippen MR) is 86.1 cm³/mol. The van der Waals surface area contributed by atoms with Crippen molar-refractivity contribution < 1.29 is 29.4 Å². The quantitative estimate of drug-likeness (QED) is 0.131. The number of aldehydes is 1. The van der Waals surface area contributed by atoms with Gasteiger partial charge in [-0.15, -0.1) is 0 Å². The van der Waals surface area contributed by atoms with Crippen LogP contribution < -0.4 is 17.2 Å². The van der Waals surface area contributed by atoms with E-state index in [9.17, 15) is 29.4 Å². The van der Waals surface area contributed by atoms with E-state index < -0.39 is 41.6 Å². The van der Waals surface area contributed by atoms with Gasteiger partial charge in [0.25, 0.3) is 0 Å². The number of carbonyl (C=O) groups is 4. The normalized spacial score (nSPS) is 15.4. The summed E-state index contributed by atoms with van der Waals surface area (Å²) < 4.78 is 0. The van der Waals surface area contributed by atoms with Crippen LogP contribution in [0.15, 0.2) is 24.3 Å². The maximum Gasteiger partial charge on any atom is 0.332 e.